The van der Waals surface area contributed by atoms with Gasteiger partial charge in [-0.25, -0.2) is 0 Å². The topological polar surface area (TPSA) is 41.8 Å². The number of aliphatic imine (C=N–C) groups is 2. The van der Waals surface area contributed by atoms with Crippen LogP contribution < -0.4 is 0 Å². The summed E-state index contributed by atoms with van der Waals surface area (Å²) in [6, 6.07) is 8.38. The molecule has 0 aliphatic carbocycles. The lowest BCUT2D eigenvalue weighted by Gasteiger charge is -2.10. The van der Waals surface area contributed by atoms with E-state index in [2.05, 4.69) is 35.1 Å². The highest BCUT2D eigenvalue weighted by Crippen LogP contribution is 2.16. The van der Waals surface area contributed by atoms with E-state index in [1.54, 1.807) is 27.2 Å². The van der Waals surface area contributed by atoms with Crippen LogP contribution in [0.15, 0.2) is 45.4 Å². The van der Waals surface area contributed by atoms with Crippen molar-refractivity contribution in [3.63, 3.8) is 0 Å². The second kappa shape index (κ2) is 8.30. The summed E-state index contributed by atoms with van der Waals surface area (Å²) in [6.07, 6.45) is 3.57. The highest BCUT2D eigenvalue weighted by atomic mass is 16.1. The van der Waals surface area contributed by atoms with Gasteiger partial charge in [0.1, 0.15) is 5.71 Å². The van der Waals surface area contributed by atoms with Crippen LogP contribution in [0.4, 0.5) is 0 Å². The van der Waals surface area contributed by atoms with Gasteiger partial charge in [0.2, 0.25) is 0 Å². The number of carbonyl (C=O) groups excluding carboxylic acids is 1. The maximum absolute atomic E-state index is 11.7. The predicted octanol–water partition coefficient (Wildman–Crippen LogP) is 3.60. The zero-order valence-corrected chi connectivity index (χ0v) is 13.6. The average molecular weight is 284 g/mol. The van der Waals surface area contributed by atoms with Crippen LogP contribution in [0.25, 0.3) is 0 Å². The first-order valence-electron chi connectivity index (χ1n) is 7.15. The standard InChI is InChI=1S/C18H24N2O/c1-13-8-6-7-9-16(13)11-10-14(2)17(12-19-4)18(20-5)15(3)21/h6-9,12H,10-11H2,1-5H3/b17-14-,19-12?,20-18?. The van der Waals surface area contributed by atoms with Crippen LogP contribution in [-0.4, -0.2) is 31.8 Å². The van der Waals surface area contributed by atoms with E-state index in [9.17, 15) is 4.79 Å². The molecule has 0 aliphatic heterocycles. The minimum absolute atomic E-state index is 0.0253. The average Bonchev–Trinajstić information content (AvgIpc) is 2.45. The van der Waals surface area contributed by atoms with Crippen LogP contribution >= 0.6 is 0 Å². The molecule has 112 valence electrons. The molecule has 1 aromatic carbocycles. The van der Waals surface area contributed by atoms with Crippen LogP contribution in [-0.2, 0) is 11.2 Å². The van der Waals surface area contributed by atoms with Gasteiger partial charge in [-0.05, 0) is 37.8 Å². The number of ketones is 1. The highest BCUT2D eigenvalue weighted by Gasteiger charge is 2.13. The van der Waals surface area contributed by atoms with Crippen molar-refractivity contribution in [3.8, 4) is 0 Å². The Kier molecular flexibility index (Phi) is 6.73. The number of hydrogen-bond acceptors (Lipinski definition) is 3. The Bertz CT molecular complexity index is 595. The van der Waals surface area contributed by atoms with E-state index in [1.807, 2.05) is 13.0 Å². The number of benzene rings is 1. The minimum atomic E-state index is -0.0253. The fraction of sp³-hybridized carbons (Fsp3) is 0.389. The van der Waals surface area contributed by atoms with Crippen molar-refractivity contribution < 1.29 is 4.79 Å². The third kappa shape index (κ3) is 4.78. The molecular weight excluding hydrogens is 260 g/mol. The van der Waals surface area contributed by atoms with Gasteiger partial charge in [-0.1, -0.05) is 29.8 Å². The first-order chi connectivity index (χ1) is 10.0. The molecule has 3 heteroatoms. The van der Waals surface area contributed by atoms with Crippen molar-refractivity contribution in [1.29, 1.82) is 0 Å². The Labute approximate surface area is 127 Å². The second-order valence-corrected chi connectivity index (χ2v) is 5.14. The highest BCUT2D eigenvalue weighted by molar-refractivity contribution is 6.50. The molecule has 0 heterocycles. The SMILES string of the molecule is CN=C/C(C(=NC)C(C)=O)=C(\C)CCc1ccccc1C. The fourth-order valence-corrected chi connectivity index (χ4v) is 2.32. The first kappa shape index (κ1) is 17.0. The van der Waals surface area contributed by atoms with Crippen molar-refractivity contribution in [2.24, 2.45) is 9.98 Å². The number of Topliss-reactive ketones (excluding diaryl/α,β-unsaturated/α-hetero) is 1. The number of rotatable bonds is 6. The largest absolute Gasteiger partial charge is 0.296 e. The summed E-state index contributed by atoms with van der Waals surface area (Å²) < 4.78 is 0. The molecule has 1 rings (SSSR count). The molecule has 21 heavy (non-hydrogen) atoms. The summed E-state index contributed by atoms with van der Waals surface area (Å²) in [6.45, 7) is 5.71. The van der Waals surface area contributed by atoms with Gasteiger partial charge in [0.15, 0.2) is 5.78 Å². The molecule has 0 fully saturated rings. The number of nitrogens with zero attached hydrogens (tertiary/aromatic N) is 2. The summed E-state index contributed by atoms with van der Waals surface area (Å²) in [5.74, 6) is -0.0253. The third-order valence-corrected chi connectivity index (χ3v) is 3.56. The zero-order chi connectivity index (χ0) is 15.8. The third-order valence-electron chi connectivity index (χ3n) is 3.56. The van der Waals surface area contributed by atoms with E-state index >= 15 is 0 Å². The zero-order valence-electron chi connectivity index (χ0n) is 13.6. The normalized spacial score (nSPS) is 13.5. The van der Waals surface area contributed by atoms with Crippen LogP contribution in [0.3, 0.4) is 0 Å². The van der Waals surface area contributed by atoms with Gasteiger partial charge in [-0.2, -0.15) is 0 Å². The summed E-state index contributed by atoms with van der Waals surface area (Å²) in [5.41, 5.74) is 5.12. The van der Waals surface area contributed by atoms with E-state index in [4.69, 9.17) is 0 Å². The van der Waals surface area contributed by atoms with E-state index in [0.717, 1.165) is 24.0 Å². The van der Waals surface area contributed by atoms with Gasteiger partial charge in [-0.15, -0.1) is 0 Å². The van der Waals surface area contributed by atoms with Crippen LogP contribution in [0.2, 0.25) is 0 Å². The molecule has 0 bridgehead atoms. The number of carbonyl (C=O) groups is 1. The molecule has 0 saturated heterocycles. The predicted molar refractivity (Wildman–Crippen MR) is 90.7 cm³/mol. The number of hydrogen-bond donors (Lipinski definition) is 0. The van der Waals surface area contributed by atoms with E-state index in [1.165, 1.54) is 11.1 Å². The Morgan fingerprint density at radius 2 is 1.86 bits per heavy atom. The molecule has 0 unspecified atom stereocenters. The first-order valence-corrected chi connectivity index (χ1v) is 7.15. The quantitative estimate of drug-likeness (QED) is 0.736. The van der Waals surface area contributed by atoms with Crippen molar-refractivity contribution in [2.45, 2.75) is 33.6 Å². The van der Waals surface area contributed by atoms with E-state index < -0.39 is 0 Å². The van der Waals surface area contributed by atoms with Crippen LogP contribution in [0, 0.1) is 6.92 Å². The van der Waals surface area contributed by atoms with E-state index in [-0.39, 0.29) is 5.78 Å². The summed E-state index contributed by atoms with van der Waals surface area (Å²) >= 11 is 0. The van der Waals surface area contributed by atoms with Crippen molar-refractivity contribution in [3.05, 3.63) is 46.5 Å². The molecule has 1 aromatic rings. The lowest BCUT2D eigenvalue weighted by molar-refractivity contribution is -0.111. The molecule has 0 aromatic heterocycles. The van der Waals surface area contributed by atoms with Crippen LogP contribution in [0.1, 0.15) is 31.4 Å². The molecular formula is C18H24N2O. The molecule has 3 nitrogen and oxygen atoms in total. The van der Waals surface area contributed by atoms with Gasteiger partial charge in [0, 0.05) is 32.8 Å². The van der Waals surface area contributed by atoms with Gasteiger partial charge in [0.25, 0.3) is 0 Å². The molecule has 0 amide bonds. The number of allylic oxidation sites excluding steroid dienone is 2. The summed E-state index contributed by atoms with van der Waals surface area (Å²) in [5, 5.41) is 0. The summed E-state index contributed by atoms with van der Waals surface area (Å²) in [7, 11) is 3.36. The summed E-state index contributed by atoms with van der Waals surface area (Å²) in [4.78, 5) is 19.9. The van der Waals surface area contributed by atoms with Crippen molar-refractivity contribution in [2.75, 3.05) is 14.1 Å². The lowest BCUT2D eigenvalue weighted by atomic mass is 9.96. The van der Waals surface area contributed by atoms with Crippen LogP contribution in [0.5, 0.6) is 0 Å². The Morgan fingerprint density at radius 3 is 2.38 bits per heavy atom. The second-order valence-electron chi connectivity index (χ2n) is 5.14. The van der Waals surface area contributed by atoms with Crippen molar-refractivity contribution in [1.82, 2.24) is 0 Å². The van der Waals surface area contributed by atoms with Gasteiger partial charge >= 0.3 is 0 Å². The van der Waals surface area contributed by atoms with Gasteiger partial charge in [0.05, 0.1) is 0 Å². The Hall–Kier alpha value is -2.03. The maximum Gasteiger partial charge on any atom is 0.178 e. The van der Waals surface area contributed by atoms with Gasteiger partial charge < -0.3 is 0 Å². The molecule has 0 aliphatic rings. The molecule has 0 radical (unpaired) electrons. The molecule has 0 N–H and O–H groups in total. The van der Waals surface area contributed by atoms with Crippen molar-refractivity contribution >= 4 is 17.7 Å². The maximum atomic E-state index is 11.7. The lowest BCUT2D eigenvalue weighted by Crippen LogP contribution is -2.16. The minimum Gasteiger partial charge on any atom is -0.296 e. The monoisotopic (exact) mass is 284 g/mol. The number of aryl methyl sites for hydroxylation is 2. The molecule has 0 atom stereocenters. The Morgan fingerprint density at radius 1 is 1.19 bits per heavy atom. The van der Waals surface area contributed by atoms with Gasteiger partial charge in [-0.3, -0.25) is 14.8 Å². The fourth-order valence-electron chi connectivity index (χ4n) is 2.32. The molecule has 0 saturated carbocycles. The van der Waals surface area contributed by atoms with E-state index in [0.29, 0.717) is 5.71 Å². The Balaban J connectivity index is 3.01. The molecule has 0 spiro atoms. The smallest absolute Gasteiger partial charge is 0.178 e.